The lowest BCUT2D eigenvalue weighted by atomic mass is 10.1. The van der Waals surface area contributed by atoms with Crippen LogP contribution in [0.15, 0.2) is 65.9 Å². The SMILES string of the molecule is C=C(F)/C(Cl)=C\C(=C/C)Nc1ncnc2cc(OCC3CC3)c(NC(=O)C/C=C/CN3C(C)COCC3CC)cc12. The van der Waals surface area contributed by atoms with Gasteiger partial charge in [0.1, 0.15) is 23.7 Å². The molecule has 2 aromatic rings. The Balaban J connectivity index is 1.51. The van der Waals surface area contributed by atoms with E-state index in [-0.39, 0.29) is 17.4 Å². The Labute approximate surface area is 246 Å². The van der Waals surface area contributed by atoms with Gasteiger partial charge in [0.2, 0.25) is 5.91 Å². The summed E-state index contributed by atoms with van der Waals surface area (Å²) in [5.41, 5.74) is 1.70. The summed E-state index contributed by atoms with van der Waals surface area (Å²) in [7, 11) is 0. The fourth-order valence-electron chi connectivity index (χ4n) is 4.63. The van der Waals surface area contributed by atoms with Crippen molar-refractivity contribution < 1.29 is 18.7 Å². The number of fused-ring (bicyclic) bond motifs is 1. The molecule has 1 amide bonds. The minimum atomic E-state index is -0.735. The predicted octanol–water partition coefficient (Wildman–Crippen LogP) is 6.72. The number of rotatable bonds is 13. The van der Waals surface area contributed by atoms with Crippen LogP contribution in [0.25, 0.3) is 10.9 Å². The van der Waals surface area contributed by atoms with Crippen LogP contribution in [0.1, 0.15) is 46.5 Å². The van der Waals surface area contributed by atoms with Gasteiger partial charge in [-0.05, 0) is 51.2 Å². The van der Waals surface area contributed by atoms with Gasteiger partial charge in [-0.3, -0.25) is 9.69 Å². The summed E-state index contributed by atoms with van der Waals surface area (Å²) in [6, 6.07) is 4.33. The molecule has 2 aliphatic rings. The van der Waals surface area contributed by atoms with Crippen molar-refractivity contribution in [3.63, 3.8) is 0 Å². The van der Waals surface area contributed by atoms with Gasteiger partial charge in [0.15, 0.2) is 0 Å². The van der Waals surface area contributed by atoms with Gasteiger partial charge in [-0.15, -0.1) is 0 Å². The van der Waals surface area contributed by atoms with Gasteiger partial charge in [-0.25, -0.2) is 14.4 Å². The van der Waals surface area contributed by atoms with E-state index >= 15 is 0 Å². The zero-order valence-corrected chi connectivity index (χ0v) is 24.7. The van der Waals surface area contributed by atoms with Gasteiger partial charge in [0.25, 0.3) is 0 Å². The average Bonchev–Trinajstić information content (AvgIpc) is 3.79. The third-order valence-corrected chi connectivity index (χ3v) is 7.57. The lowest BCUT2D eigenvalue weighted by Crippen LogP contribution is -2.50. The Hall–Kier alpha value is -3.27. The fourth-order valence-corrected chi connectivity index (χ4v) is 4.75. The topological polar surface area (TPSA) is 88.6 Å². The van der Waals surface area contributed by atoms with Crippen molar-refractivity contribution in [2.24, 2.45) is 5.92 Å². The van der Waals surface area contributed by atoms with E-state index in [0.29, 0.717) is 58.5 Å². The van der Waals surface area contributed by atoms with E-state index in [1.165, 1.54) is 12.4 Å². The first-order chi connectivity index (χ1) is 19.8. The normalized spacial score (nSPS) is 20.4. The van der Waals surface area contributed by atoms with Gasteiger partial charge >= 0.3 is 0 Å². The minimum Gasteiger partial charge on any atom is -0.491 e. The molecule has 220 valence electrons. The predicted molar refractivity (Wildman–Crippen MR) is 163 cm³/mol. The number of benzene rings is 1. The molecule has 1 aliphatic heterocycles. The molecule has 1 aromatic heterocycles. The van der Waals surface area contributed by atoms with Crippen LogP contribution < -0.4 is 15.4 Å². The highest BCUT2D eigenvalue weighted by molar-refractivity contribution is 6.31. The van der Waals surface area contributed by atoms with E-state index in [0.717, 1.165) is 39.0 Å². The number of halogens is 2. The smallest absolute Gasteiger partial charge is 0.228 e. The molecule has 1 aromatic carbocycles. The van der Waals surface area contributed by atoms with Crippen molar-refractivity contribution in [1.82, 2.24) is 14.9 Å². The van der Waals surface area contributed by atoms with Crippen molar-refractivity contribution >= 4 is 39.9 Å². The maximum absolute atomic E-state index is 13.5. The van der Waals surface area contributed by atoms with Gasteiger partial charge in [0.05, 0.1) is 36.1 Å². The molecule has 0 spiro atoms. The van der Waals surface area contributed by atoms with E-state index in [9.17, 15) is 9.18 Å². The summed E-state index contributed by atoms with van der Waals surface area (Å²) >= 11 is 5.96. The third-order valence-electron chi connectivity index (χ3n) is 7.26. The monoisotopic (exact) mass is 583 g/mol. The molecule has 10 heteroatoms. The Bertz CT molecular complexity index is 1340. The second-order valence-corrected chi connectivity index (χ2v) is 10.9. The summed E-state index contributed by atoms with van der Waals surface area (Å²) in [5, 5.41) is 6.72. The van der Waals surface area contributed by atoms with E-state index in [2.05, 4.69) is 45.9 Å². The molecule has 0 radical (unpaired) electrons. The fraction of sp³-hybridized carbons (Fsp3) is 0.452. The number of nitrogens with one attached hydrogen (secondary N) is 2. The lowest BCUT2D eigenvalue weighted by Gasteiger charge is -2.39. The summed E-state index contributed by atoms with van der Waals surface area (Å²) in [6.45, 7) is 12.2. The van der Waals surface area contributed by atoms with E-state index in [1.807, 2.05) is 18.2 Å². The molecular weight excluding hydrogens is 545 g/mol. The minimum absolute atomic E-state index is 0.117. The van der Waals surface area contributed by atoms with Crippen molar-refractivity contribution in [2.45, 2.75) is 58.5 Å². The molecule has 1 saturated carbocycles. The molecule has 4 rings (SSSR count). The summed E-state index contributed by atoms with van der Waals surface area (Å²) in [6.07, 6.45) is 12.1. The van der Waals surface area contributed by atoms with Crippen LogP contribution in [0.5, 0.6) is 5.75 Å². The van der Waals surface area contributed by atoms with Gasteiger partial charge < -0.3 is 20.1 Å². The van der Waals surface area contributed by atoms with Crippen molar-refractivity contribution in [3.05, 3.63) is 65.9 Å². The van der Waals surface area contributed by atoms with Crippen LogP contribution in [0.2, 0.25) is 0 Å². The number of hydrogen-bond donors (Lipinski definition) is 2. The maximum atomic E-state index is 13.5. The Morgan fingerprint density at radius 3 is 2.78 bits per heavy atom. The number of carbonyl (C=O) groups excluding carboxylic acids is 1. The van der Waals surface area contributed by atoms with E-state index < -0.39 is 5.83 Å². The standard InChI is InChI=1S/C31H39ClFN5O3/c1-5-23(13-26(32)21(4)33)36-31-25-14-28(29(41-17-22-10-11-22)15-27(25)34-19-35-31)37-30(39)9-7-8-12-38-20(3)16-40-18-24(38)6-2/h5,7-8,13-15,19-20,22,24H,4,6,9-12,16-18H2,1-3H3,(H,37,39)(H,34,35,36)/b8-7+,23-5+,26-13+. The number of ether oxygens (including phenoxy) is 2. The Kier molecular flexibility index (Phi) is 10.9. The Morgan fingerprint density at radius 1 is 1.27 bits per heavy atom. The number of anilines is 2. The molecule has 2 atom stereocenters. The molecule has 2 heterocycles. The van der Waals surface area contributed by atoms with Crippen LogP contribution in [0, 0.1) is 5.92 Å². The number of hydrogen-bond acceptors (Lipinski definition) is 7. The van der Waals surface area contributed by atoms with Crippen molar-refractivity contribution in [2.75, 3.05) is 37.0 Å². The number of nitrogens with zero attached hydrogens (tertiary/aromatic N) is 3. The van der Waals surface area contributed by atoms with Gasteiger partial charge in [0, 0.05) is 42.2 Å². The zero-order chi connectivity index (χ0) is 29.4. The lowest BCUT2D eigenvalue weighted by molar-refractivity contribution is -0.115. The van der Waals surface area contributed by atoms with Crippen LogP contribution in [-0.4, -0.2) is 59.2 Å². The van der Waals surface area contributed by atoms with Crippen LogP contribution in [0.4, 0.5) is 15.9 Å². The van der Waals surface area contributed by atoms with E-state index in [4.69, 9.17) is 21.1 Å². The first-order valence-corrected chi connectivity index (χ1v) is 14.5. The highest BCUT2D eigenvalue weighted by atomic mass is 35.5. The molecule has 8 nitrogen and oxygen atoms in total. The van der Waals surface area contributed by atoms with Crippen LogP contribution >= 0.6 is 11.6 Å². The highest BCUT2D eigenvalue weighted by Crippen LogP contribution is 2.36. The number of allylic oxidation sites excluding steroid dienone is 4. The van der Waals surface area contributed by atoms with Gasteiger partial charge in [-0.1, -0.05) is 43.3 Å². The first-order valence-electron chi connectivity index (χ1n) is 14.1. The summed E-state index contributed by atoms with van der Waals surface area (Å²) in [4.78, 5) is 24.2. The summed E-state index contributed by atoms with van der Waals surface area (Å²) in [5.74, 6) is 0.676. The molecule has 2 N–H and O–H groups in total. The van der Waals surface area contributed by atoms with Gasteiger partial charge in [-0.2, -0.15) is 0 Å². The number of morpholine rings is 1. The molecule has 2 unspecified atom stereocenters. The van der Waals surface area contributed by atoms with Crippen LogP contribution in [0.3, 0.4) is 0 Å². The highest BCUT2D eigenvalue weighted by Gasteiger charge is 2.26. The van der Waals surface area contributed by atoms with Crippen LogP contribution in [-0.2, 0) is 9.53 Å². The third kappa shape index (κ3) is 8.61. The van der Waals surface area contributed by atoms with Crippen molar-refractivity contribution in [3.8, 4) is 5.75 Å². The molecular formula is C31H39ClFN5O3. The average molecular weight is 584 g/mol. The summed E-state index contributed by atoms with van der Waals surface area (Å²) < 4.78 is 25.2. The maximum Gasteiger partial charge on any atom is 0.228 e. The largest absolute Gasteiger partial charge is 0.491 e. The molecule has 1 aliphatic carbocycles. The molecule has 1 saturated heterocycles. The number of aromatic nitrogens is 2. The molecule has 0 bridgehead atoms. The second kappa shape index (κ2) is 14.6. The van der Waals surface area contributed by atoms with Crippen molar-refractivity contribution in [1.29, 1.82) is 0 Å². The second-order valence-electron chi connectivity index (χ2n) is 10.5. The molecule has 41 heavy (non-hydrogen) atoms. The molecule has 2 fully saturated rings. The quantitative estimate of drug-likeness (QED) is 0.200. The first kappa shape index (κ1) is 30.7. The number of amides is 1. The zero-order valence-electron chi connectivity index (χ0n) is 24.0. The van der Waals surface area contributed by atoms with E-state index in [1.54, 1.807) is 19.1 Å². The number of carbonyl (C=O) groups is 1. The Morgan fingerprint density at radius 2 is 2.07 bits per heavy atom.